The Morgan fingerprint density at radius 2 is 1.80 bits per heavy atom. The smallest absolute Gasteiger partial charge is 0.0141 e. The first-order valence-corrected chi connectivity index (χ1v) is 7.43. The van der Waals surface area contributed by atoms with Crippen LogP contribution in [0.2, 0.25) is 0 Å². The molecule has 3 unspecified atom stereocenters. The van der Waals surface area contributed by atoms with E-state index in [2.05, 4.69) is 38.0 Å². The Hall–Kier alpha value is 0.560. The fraction of sp³-hybridized carbons (Fsp3) is 1.00. The van der Waals surface area contributed by atoms with Crippen LogP contribution in [0.4, 0.5) is 0 Å². The van der Waals surface area contributed by atoms with Gasteiger partial charge in [-0.15, -0.1) is 0 Å². The van der Waals surface area contributed by atoms with Gasteiger partial charge in [0.15, 0.2) is 0 Å². The van der Waals surface area contributed by atoms with Gasteiger partial charge in [0.25, 0.3) is 0 Å². The van der Waals surface area contributed by atoms with E-state index in [1.165, 1.54) is 30.2 Å². The fourth-order valence-corrected chi connectivity index (χ4v) is 3.60. The molecule has 0 heterocycles. The molecule has 90 valence electrons. The van der Waals surface area contributed by atoms with Gasteiger partial charge in [-0.05, 0) is 64.1 Å². The Labute approximate surface area is 103 Å². The van der Waals surface area contributed by atoms with Crippen molar-refractivity contribution >= 4 is 21.7 Å². The molecule has 0 bridgehead atoms. The first kappa shape index (κ1) is 13.6. The molecule has 1 saturated carbocycles. The standard InChI is InChI=1S/C11H23ClN2S/c1-13(2)10-6-5-9(8-15-12)11(7-10)14(3)4/h9-11H,5-8H2,1-4H3. The molecular weight excluding hydrogens is 228 g/mol. The van der Waals surface area contributed by atoms with Crippen LogP contribution in [0, 0.1) is 5.92 Å². The van der Waals surface area contributed by atoms with Crippen LogP contribution in [0.15, 0.2) is 0 Å². The lowest BCUT2D eigenvalue weighted by molar-refractivity contribution is 0.106. The zero-order valence-corrected chi connectivity index (χ0v) is 11.8. The van der Waals surface area contributed by atoms with E-state index >= 15 is 0 Å². The van der Waals surface area contributed by atoms with E-state index in [-0.39, 0.29) is 0 Å². The van der Waals surface area contributed by atoms with Crippen LogP contribution in [-0.4, -0.2) is 55.8 Å². The molecule has 0 spiro atoms. The van der Waals surface area contributed by atoms with Crippen molar-refractivity contribution in [1.29, 1.82) is 0 Å². The van der Waals surface area contributed by atoms with Crippen molar-refractivity contribution < 1.29 is 0 Å². The number of nitrogens with zero attached hydrogens (tertiary/aromatic N) is 2. The van der Waals surface area contributed by atoms with Crippen LogP contribution in [0.3, 0.4) is 0 Å². The van der Waals surface area contributed by atoms with Crippen molar-refractivity contribution in [2.45, 2.75) is 31.3 Å². The maximum atomic E-state index is 5.79. The molecule has 1 aliphatic rings. The molecule has 0 amide bonds. The number of hydrogen-bond acceptors (Lipinski definition) is 3. The second kappa shape index (κ2) is 6.33. The van der Waals surface area contributed by atoms with E-state index in [0.29, 0.717) is 6.04 Å². The van der Waals surface area contributed by atoms with Crippen LogP contribution in [0.5, 0.6) is 0 Å². The second-order valence-electron chi connectivity index (χ2n) is 5.00. The lowest BCUT2D eigenvalue weighted by Gasteiger charge is -2.41. The summed E-state index contributed by atoms with van der Waals surface area (Å²) in [7, 11) is 16.0. The Kier molecular flexibility index (Phi) is 5.75. The maximum absolute atomic E-state index is 5.79. The molecule has 0 radical (unpaired) electrons. The van der Waals surface area contributed by atoms with Crippen LogP contribution >= 0.6 is 21.7 Å². The summed E-state index contributed by atoms with van der Waals surface area (Å²) < 4.78 is 0. The normalized spacial score (nSPS) is 32.6. The van der Waals surface area contributed by atoms with Gasteiger partial charge in [0.1, 0.15) is 0 Å². The van der Waals surface area contributed by atoms with Gasteiger partial charge in [0.2, 0.25) is 0 Å². The van der Waals surface area contributed by atoms with E-state index in [4.69, 9.17) is 10.7 Å². The third-order valence-corrected chi connectivity index (χ3v) is 4.53. The van der Waals surface area contributed by atoms with Crippen LogP contribution in [0.1, 0.15) is 19.3 Å². The molecule has 3 atom stereocenters. The molecule has 0 aromatic heterocycles. The topological polar surface area (TPSA) is 6.48 Å². The number of halogens is 1. The summed E-state index contributed by atoms with van der Waals surface area (Å²) in [5.74, 6) is 1.85. The number of rotatable bonds is 4. The summed E-state index contributed by atoms with van der Waals surface area (Å²) in [4.78, 5) is 4.73. The van der Waals surface area contributed by atoms with Gasteiger partial charge >= 0.3 is 0 Å². The zero-order chi connectivity index (χ0) is 11.4. The summed E-state index contributed by atoms with van der Waals surface area (Å²) in [5, 5.41) is 0. The average molecular weight is 251 g/mol. The minimum atomic E-state index is 0.692. The van der Waals surface area contributed by atoms with Crippen molar-refractivity contribution in [3.05, 3.63) is 0 Å². The quantitative estimate of drug-likeness (QED) is 0.757. The molecule has 2 nitrogen and oxygen atoms in total. The van der Waals surface area contributed by atoms with E-state index in [9.17, 15) is 0 Å². The summed E-state index contributed by atoms with van der Waals surface area (Å²) in [5.41, 5.74) is 0. The second-order valence-corrected chi connectivity index (χ2v) is 6.20. The van der Waals surface area contributed by atoms with Gasteiger partial charge in [-0.2, -0.15) is 0 Å². The number of hydrogen-bond donors (Lipinski definition) is 0. The van der Waals surface area contributed by atoms with Crippen LogP contribution in [0.25, 0.3) is 0 Å². The van der Waals surface area contributed by atoms with Crippen LogP contribution < -0.4 is 0 Å². The zero-order valence-electron chi connectivity index (χ0n) is 10.2. The van der Waals surface area contributed by atoms with Crippen molar-refractivity contribution in [3.8, 4) is 0 Å². The van der Waals surface area contributed by atoms with E-state index in [1.54, 1.807) is 0 Å². The van der Waals surface area contributed by atoms with Crippen molar-refractivity contribution in [3.63, 3.8) is 0 Å². The molecule has 4 heteroatoms. The summed E-state index contributed by atoms with van der Waals surface area (Å²) in [6.45, 7) is 0. The van der Waals surface area contributed by atoms with E-state index in [1.807, 2.05) is 0 Å². The monoisotopic (exact) mass is 250 g/mol. The van der Waals surface area contributed by atoms with Gasteiger partial charge < -0.3 is 9.80 Å². The minimum Gasteiger partial charge on any atom is -0.306 e. The van der Waals surface area contributed by atoms with Crippen molar-refractivity contribution in [2.75, 3.05) is 33.9 Å². The third-order valence-electron chi connectivity index (χ3n) is 3.60. The molecular formula is C11H23ClN2S. The lowest BCUT2D eigenvalue weighted by atomic mass is 9.81. The predicted octanol–water partition coefficient (Wildman–Crippen LogP) is 2.53. The van der Waals surface area contributed by atoms with Crippen molar-refractivity contribution in [2.24, 2.45) is 5.92 Å². The van der Waals surface area contributed by atoms with E-state index < -0.39 is 0 Å². The lowest BCUT2D eigenvalue weighted by Crippen LogP contribution is -2.46. The minimum absolute atomic E-state index is 0.692. The molecule has 1 rings (SSSR count). The predicted molar refractivity (Wildman–Crippen MR) is 70.6 cm³/mol. The molecule has 0 N–H and O–H groups in total. The van der Waals surface area contributed by atoms with E-state index in [0.717, 1.165) is 17.7 Å². The Balaban J connectivity index is 2.56. The molecule has 0 aromatic rings. The highest BCUT2D eigenvalue weighted by atomic mass is 35.7. The molecule has 1 fully saturated rings. The maximum Gasteiger partial charge on any atom is 0.0141 e. The van der Waals surface area contributed by atoms with Gasteiger partial charge in [0.05, 0.1) is 0 Å². The largest absolute Gasteiger partial charge is 0.306 e. The molecule has 0 aliphatic heterocycles. The average Bonchev–Trinajstić information content (AvgIpc) is 2.18. The Bertz CT molecular complexity index is 187. The first-order chi connectivity index (χ1) is 7.06. The van der Waals surface area contributed by atoms with Crippen molar-refractivity contribution in [1.82, 2.24) is 9.80 Å². The summed E-state index contributed by atoms with van der Waals surface area (Å²) in [6, 6.07) is 1.44. The third kappa shape index (κ3) is 3.81. The summed E-state index contributed by atoms with van der Waals surface area (Å²) in [6.07, 6.45) is 3.91. The molecule has 0 saturated heterocycles. The fourth-order valence-electron chi connectivity index (χ4n) is 2.56. The highest BCUT2D eigenvalue weighted by molar-refractivity contribution is 8.21. The van der Waals surface area contributed by atoms with Crippen LogP contribution in [-0.2, 0) is 0 Å². The SMILES string of the molecule is CN(C)C1CCC(CSCl)C(N(C)C)C1. The highest BCUT2D eigenvalue weighted by Crippen LogP contribution is 2.32. The Morgan fingerprint density at radius 1 is 1.13 bits per heavy atom. The highest BCUT2D eigenvalue weighted by Gasteiger charge is 2.32. The van der Waals surface area contributed by atoms with Gasteiger partial charge in [-0.1, -0.05) is 11.0 Å². The molecule has 1 aliphatic carbocycles. The summed E-state index contributed by atoms with van der Waals surface area (Å²) >= 11 is 0. The first-order valence-electron chi connectivity index (χ1n) is 5.62. The Morgan fingerprint density at radius 3 is 2.27 bits per heavy atom. The molecule has 15 heavy (non-hydrogen) atoms. The molecule has 0 aromatic carbocycles. The van der Waals surface area contributed by atoms with Gasteiger partial charge in [-0.3, -0.25) is 0 Å². The van der Waals surface area contributed by atoms with Gasteiger partial charge in [0, 0.05) is 17.8 Å². The van der Waals surface area contributed by atoms with Gasteiger partial charge in [-0.25, -0.2) is 0 Å².